The molecular weight excluding hydrogens is 422 g/mol. The zero-order chi connectivity index (χ0) is 23.1. The molecular formula is C28H21N5O. The summed E-state index contributed by atoms with van der Waals surface area (Å²) in [6.45, 7) is 2.02. The maximum absolute atomic E-state index is 12.7. The van der Waals surface area contributed by atoms with Crippen LogP contribution in [0.2, 0.25) is 0 Å². The minimum absolute atomic E-state index is 0.103. The van der Waals surface area contributed by atoms with Crippen LogP contribution in [-0.2, 0) is 6.42 Å². The first kappa shape index (κ1) is 20.1. The lowest BCUT2D eigenvalue weighted by Gasteiger charge is -2.11. The highest BCUT2D eigenvalue weighted by atomic mass is 16.1. The number of aromatic nitrogens is 4. The lowest BCUT2D eigenvalue weighted by Crippen LogP contribution is -2.04. The number of nitrogens with zero attached hydrogens (tertiary/aromatic N) is 4. The van der Waals surface area contributed by atoms with Crippen LogP contribution in [0.1, 0.15) is 21.5 Å². The molecule has 6 nitrogen and oxygen atoms in total. The quantitative estimate of drug-likeness (QED) is 0.349. The van der Waals surface area contributed by atoms with Gasteiger partial charge in [-0.05, 0) is 36.8 Å². The second-order valence-electron chi connectivity index (χ2n) is 8.39. The van der Waals surface area contributed by atoms with E-state index in [2.05, 4.69) is 20.5 Å². The fourth-order valence-electron chi connectivity index (χ4n) is 4.26. The summed E-state index contributed by atoms with van der Waals surface area (Å²) in [5.41, 5.74) is 6.52. The van der Waals surface area contributed by atoms with Gasteiger partial charge in [0.1, 0.15) is 0 Å². The SMILES string of the molecule is Cc1ccc(C(=O)Cc2ccc(-c3nnc4n3-c3cccnc3Nc3ccccc3-4)cc2)cc1. The Morgan fingerprint density at radius 1 is 0.853 bits per heavy atom. The van der Waals surface area contributed by atoms with Gasteiger partial charge in [0.15, 0.2) is 23.2 Å². The Morgan fingerprint density at radius 2 is 1.62 bits per heavy atom. The van der Waals surface area contributed by atoms with Gasteiger partial charge in [0, 0.05) is 29.3 Å². The number of hydrogen-bond acceptors (Lipinski definition) is 5. The number of pyridine rings is 1. The molecule has 34 heavy (non-hydrogen) atoms. The molecule has 164 valence electrons. The number of anilines is 2. The van der Waals surface area contributed by atoms with Crippen LogP contribution in [0.5, 0.6) is 0 Å². The first-order chi connectivity index (χ1) is 16.7. The molecule has 2 aromatic heterocycles. The maximum atomic E-state index is 12.7. The largest absolute Gasteiger partial charge is 0.338 e. The molecule has 3 aromatic carbocycles. The maximum Gasteiger partial charge on any atom is 0.171 e. The average molecular weight is 444 g/mol. The van der Waals surface area contributed by atoms with Gasteiger partial charge in [0.05, 0.1) is 11.4 Å². The van der Waals surface area contributed by atoms with Crippen molar-refractivity contribution < 1.29 is 4.79 Å². The predicted molar refractivity (Wildman–Crippen MR) is 133 cm³/mol. The number of ketones is 1. The van der Waals surface area contributed by atoms with Gasteiger partial charge < -0.3 is 5.32 Å². The van der Waals surface area contributed by atoms with Gasteiger partial charge in [-0.25, -0.2) is 4.98 Å². The molecule has 0 unspecified atom stereocenters. The molecule has 0 radical (unpaired) electrons. The number of rotatable bonds is 4. The van der Waals surface area contributed by atoms with E-state index in [-0.39, 0.29) is 5.78 Å². The Morgan fingerprint density at radius 3 is 2.44 bits per heavy atom. The van der Waals surface area contributed by atoms with Gasteiger partial charge >= 0.3 is 0 Å². The molecule has 0 saturated carbocycles. The molecule has 0 bridgehead atoms. The van der Waals surface area contributed by atoms with Crippen LogP contribution in [0.15, 0.2) is 91.1 Å². The summed E-state index contributed by atoms with van der Waals surface area (Å²) in [6, 6.07) is 27.6. The summed E-state index contributed by atoms with van der Waals surface area (Å²) in [5, 5.41) is 12.5. The zero-order valence-corrected chi connectivity index (χ0v) is 18.6. The van der Waals surface area contributed by atoms with E-state index in [1.165, 1.54) is 0 Å². The third-order valence-corrected chi connectivity index (χ3v) is 6.06. The summed E-state index contributed by atoms with van der Waals surface area (Å²) in [4.78, 5) is 17.2. The molecule has 5 aromatic rings. The van der Waals surface area contributed by atoms with E-state index < -0.39 is 0 Å². The lowest BCUT2D eigenvalue weighted by atomic mass is 10.0. The zero-order valence-electron chi connectivity index (χ0n) is 18.6. The molecule has 0 aliphatic carbocycles. The monoisotopic (exact) mass is 443 g/mol. The van der Waals surface area contributed by atoms with E-state index in [9.17, 15) is 4.79 Å². The first-order valence-corrected chi connectivity index (χ1v) is 11.1. The number of aryl methyl sites for hydroxylation is 1. The van der Waals surface area contributed by atoms with Crippen molar-refractivity contribution in [2.24, 2.45) is 0 Å². The molecule has 1 aliphatic heterocycles. The number of hydrogen-bond donors (Lipinski definition) is 1. The van der Waals surface area contributed by atoms with Crippen molar-refractivity contribution in [3.63, 3.8) is 0 Å². The molecule has 1 N–H and O–H groups in total. The number of para-hydroxylation sites is 1. The smallest absolute Gasteiger partial charge is 0.171 e. The summed E-state index contributed by atoms with van der Waals surface area (Å²) >= 11 is 0. The number of nitrogens with one attached hydrogen (secondary N) is 1. The Labute approximate surface area is 197 Å². The normalized spacial score (nSPS) is 11.6. The van der Waals surface area contributed by atoms with Gasteiger partial charge in [-0.1, -0.05) is 66.2 Å². The molecule has 6 rings (SSSR count). The Kier molecular flexibility index (Phi) is 4.77. The van der Waals surface area contributed by atoms with Gasteiger partial charge in [0.2, 0.25) is 0 Å². The van der Waals surface area contributed by atoms with Crippen molar-refractivity contribution in [2.75, 3.05) is 5.32 Å². The van der Waals surface area contributed by atoms with Gasteiger partial charge in [0.25, 0.3) is 0 Å². The summed E-state index contributed by atoms with van der Waals surface area (Å²) in [5.74, 6) is 2.32. The highest BCUT2D eigenvalue weighted by Gasteiger charge is 2.24. The molecule has 6 heteroatoms. The Bertz CT molecular complexity index is 1520. The first-order valence-electron chi connectivity index (χ1n) is 11.1. The van der Waals surface area contributed by atoms with E-state index in [0.29, 0.717) is 6.42 Å². The number of Topliss-reactive ketones (excluding diaryl/α,β-unsaturated/α-hetero) is 1. The van der Waals surface area contributed by atoms with Crippen LogP contribution in [0.4, 0.5) is 11.5 Å². The van der Waals surface area contributed by atoms with E-state index in [4.69, 9.17) is 0 Å². The van der Waals surface area contributed by atoms with Crippen molar-refractivity contribution in [2.45, 2.75) is 13.3 Å². The van der Waals surface area contributed by atoms with Gasteiger partial charge in [-0.2, -0.15) is 0 Å². The summed E-state index contributed by atoms with van der Waals surface area (Å²) in [7, 11) is 0. The Hall–Kier alpha value is -4.58. The third kappa shape index (κ3) is 3.46. The summed E-state index contributed by atoms with van der Waals surface area (Å²) in [6.07, 6.45) is 2.12. The van der Waals surface area contributed by atoms with Crippen LogP contribution in [0.25, 0.3) is 28.5 Å². The summed E-state index contributed by atoms with van der Waals surface area (Å²) < 4.78 is 2.04. The average Bonchev–Trinajstić information content (AvgIpc) is 3.24. The van der Waals surface area contributed by atoms with Gasteiger partial charge in [-0.15, -0.1) is 10.2 Å². The molecule has 1 aliphatic rings. The fraction of sp³-hybridized carbons (Fsp3) is 0.0714. The van der Waals surface area contributed by atoms with Crippen molar-refractivity contribution in [3.8, 4) is 28.5 Å². The van der Waals surface area contributed by atoms with Gasteiger partial charge in [-0.3, -0.25) is 9.36 Å². The molecule has 3 heterocycles. The highest BCUT2D eigenvalue weighted by molar-refractivity contribution is 5.97. The minimum atomic E-state index is 0.103. The van der Waals surface area contributed by atoms with E-state index in [1.54, 1.807) is 6.20 Å². The second kappa shape index (κ2) is 8.08. The van der Waals surface area contributed by atoms with Crippen LogP contribution in [-0.4, -0.2) is 25.5 Å². The van der Waals surface area contributed by atoms with Crippen LogP contribution >= 0.6 is 0 Å². The van der Waals surface area contributed by atoms with Crippen molar-refractivity contribution in [3.05, 3.63) is 108 Å². The van der Waals surface area contributed by atoms with Crippen molar-refractivity contribution >= 4 is 17.3 Å². The number of fused-ring (bicyclic) bond motifs is 5. The lowest BCUT2D eigenvalue weighted by molar-refractivity contribution is 0.0993. The van der Waals surface area contributed by atoms with Crippen LogP contribution in [0.3, 0.4) is 0 Å². The molecule has 0 amide bonds. The van der Waals surface area contributed by atoms with E-state index in [1.807, 2.05) is 96.4 Å². The van der Waals surface area contributed by atoms with Crippen LogP contribution < -0.4 is 5.32 Å². The van der Waals surface area contributed by atoms with E-state index in [0.717, 1.165) is 56.7 Å². The van der Waals surface area contributed by atoms with Crippen molar-refractivity contribution in [1.82, 2.24) is 19.7 Å². The molecule has 0 spiro atoms. The highest BCUT2D eigenvalue weighted by Crippen LogP contribution is 2.38. The number of carbonyl (C=O) groups excluding carboxylic acids is 1. The molecule has 0 fully saturated rings. The van der Waals surface area contributed by atoms with Crippen LogP contribution in [0, 0.1) is 6.92 Å². The van der Waals surface area contributed by atoms with Crippen molar-refractivity contribution in [1.29, 1.82) is 0 Å². The minimum Gasteiger partial charge on any atom is -0.338 e. The Balaban J connectivity index is 1.37. The van der Waals surface area contributed by atoms with E-state index >= 15 is 0 Å². The molecule has 0 atom stereocenters. The topological polar surface area (TPSA) is 72.7 Å². The third-order valence-electron chi connectivity index (χ3n) is 6.06. The fourth-order valence-corrected chi connectivity index (χ4v) is 4.26. The number of benzene rings is 3. The second-order valence-corrected chi connectivity index (χ2v) is 8.39. The predicted octanol–water partition coefficient (Wildman–Crippen LogP) is 5.79. The molecule has 0 saturated heterocycles. The standard InChI is InChI=1S/C28H21N5O/c1-18-8-12-20(13-9-18)25(34)17-19-10-14-21(15-11-19)27-31-32-28-22-5-2-3-6-23(22)30-26-24(33(27)28)7-4-16-29-26/h2-16H,17H2,1H3,(H,29,30). The number of carbonyl (C=O) groups is 1.